The van der Waals surface area contributed by atoms with Gasteiger partial charge >= 0.3 is 0 Å². The average molecular weight is 140 g/mol. The van der Waals surface area contributed by atoms with Gasteiger partial charge in [0.1, 0.15) is 0 Å². The Hall–Kier alpha value is -0.530. The number of nitrogens with zero attached hydrogens (tertiary/aromatic N) is 1. The van der Waals surface area contributed by atoms with E-state index in [0.717, 1.165) is 18.2 Å². The molecule has 10 heavy (non-hydrogen) atoms. The van der Waals surface area contributed by atoms with E-state index in [9.17, 15) is 0 Å². The molecule has 2 nitrogen and oxygen atoms in total. The van der Waals surface area contributed by atoms with Crippen molar-refractivity contribution in [1.29, 1.82) is 0 Å². The quantitative estimate of drug-likeness (QED) is 0.469. The van der Waals surface area contributed by atoms with Crippen molar-refractivity contribution in [3.8, 4) is 0 Å². The third-order valence-electron chi connectivity index (χ3n) is 2.10. The fourth-order valence-corrected chi connectivity index (χ4v) is 1.13. The van der Waals surface area contributed by atoms with Crippen LogP contribution < -0.4 is 5.73 Å². The summed E-state index contributed by atoms with van der Waals surface area (Å²) >= 11 is 0. The van der Waals surface area contributed by atoms with Crippen molar-refractivity contribution in [2.45, 2.75) is 39.2 Å². The predicted octanol–water partition coefficient (Wildman–Crippen LogP) is 1.55. The molecule has 0 bridgehead atoms. The molecule has 0 aromatic heterocycles. The van der Waals surface area contributed by atoms with Gasteiger partial charge < -0.3 is 5.73 Å². The van der Waals surface area contributed by atoms with Crippen LogP contribution in [0.25, 0.3) is 0 Å². The minimum absolute atomic E-state index is 0.574. The summed E-state index contributed by atoms with van der Waals surface area (Å²) in [5.41, 5.74) is 5.58. The summed E-state index contributed by atoms with van der Waals surface area (Å²) in [7, 11) is 0. The summed E-state index contributed by atoms with van der Waals surface area (Å²) in [6.07, 6.45) is 3.41. The maximum atomic E-state index is 5.58. The van der Waals surface area contributed by atoms with Gasteiger partial charge in [0.15, 0.2) is 0 Å². The minimum atomic E-state index is 0.574. The molecule has 2 unspecified atom stereocenters. The zero-order valence-corrected chi connectivity index (χ0v) is 6.80. The van der Waals surface area contributed by atoms with E-state index in [4.69, 9.17) is 5.73 Å². The van der Waals surface area contributed by atoms with Gasteiger partial charge in [0.05, 0.1) is 11.9 Å². The summed E-state index contributed by atoms with van der Waals surface area (Å²) in [4.78, 5) is 4.35. The summed E-state index contributed by atoms with van der Waals surface area (Å²) < 4.78 is 0. The molecule has 2 N–H and O–H groups in total. The lowest BCUT2D eigenvalue weighted by molar-refractivity contribution is 0.758. The van der Waals surface area contributed by atoms with Crippen LogP contribution in [0.5, 0.6) is 0 Å². The van der Waals surface area contributed by atoms with E-state index in [1.807, 2.05) is 6.92 Å². The first-order chi connectivity index (χ1) is 4.77. The number of rotatable bonds is 3. The van der Waals surface area contributed by atoms with Crippen LogP contribution in [0, 0.1) is 5.92 Å². The Balaban J connectivity index is 2.28. The van der Waals surface area contributed by atoms with Gasteiger partial charge in [-0.15, -0.1) is 0 Å². The maximum Gasteiger partial charge on any atom is 0.0937 e. The lowest BCUT2D eigenvalue weighted by Gasteiger charge is -1.93. The lowest BCUT2D eigenvalue weighted by atomic mass is 10.3. The first-order valence-electron chi connectivity index (χ1n) is 4.10. The second-order valence-corrected chi connectivity index (χ2v) is 2.95. The Morgan fingerprint density at radius 2 is 2.30 bits per heavy atom. The van der Waals surface area contributed by atoms with Crippen molar-refractivity contribution >= 4 is 5.84 Å². The zero-order chi connectivity index (χ0) is 7.56. The predicted molar refractivity (Wildman–Crippen MR) is 44.1 cm³/mol. The SMILES string of the molecule is CCC(N)=NC1CC1CC. The van der Waals surface area contributed by atoms with Crippen molar-refractivity contribution < 1.29 is 0 Å². The van der Waals surface area contributed by atoms with Crippen LogP contribution in [0.4, 0.5) is 0 Å². The van der Waals surface area contributed by atoms with Gasteiger partial charge in [-0.3, -0.25) is 4.99 Å². The van der Waals surface area contributed by atoms with E-state index in [2.05, 4.69) is 11.9 Å². The monoisotopic (exact) mass is 140 g/mol. The standard InChI is InChI=1S/C8H16N2/c1-3-6-5-7(6)10-8(9)4-2/h6-7H,3-5H2,1-2H3,(H2,9,10). The molecule has 58 valence electrons. The van der Waals surface area contributed by atoms with Crippen LogP contribution in [0.1, 0.15) is 33.1 Å². The van der Waals surface area contributed by atoms with Crippen LogP contribution in [-0.2, 0) is 0 Å². The van der Waals surface area contributed by atoms with Crippen LogP contribution in [0.3, 0.4) is 0 Å². The molecule has 0 saturated heterocycles. The highest BCUT2D eigenvalue weighted by Crippen LogP contribution is 2.36. The molecule has 1 rings (SSSR count). The normalized spacial score (nSPS) is 32.4. The molecule has 1 fully saturated rings. The highest BCUT2D eigenvalue weighted by molar-refractivity contribution is 5.80. The Morgan fingerprint density at radius 3 is 2.70 bits per heavy atom. The third-order valence-corrected chi connectivity index (χ3v) is 2.10. The van der Waals surface area contributed by atoms with Crippen molar-refractivity contribution in [2.75, 3.05) is 0 Å². The third kappa shape index (κ3) is 1.72. The van der Waals surface area contributed by atoms with Gasteiger partial charge in [-0.05, 0) is 12.3 Å². The molecule has 0 aromatic carbocycles. The van der Waals surface area contributed by atoms with Crippen LogP contribution in [-0.4, -0.2) is 11.9 Å². The molecular weight excluding hydrogens is 124 g/mol. The van der Waals surface area contributed by atoms with Crippen molar-refractivity contribution in [3.05, 3.63) is 0 Å². The van der Waals surface area contributed by atoms with Gasteiger partial charge in [-0.25, -0.2) is 0 Å². The number of hydrogen-bond donors (Lipinski definition) is 1. The summed E-state index contributed by atoms with van der Waals surface area (Å²) in [5.74, 6) is 1.66. The van der Waals surface area contributed by atoms with Crippen LogP contribution in [0.2, 0.25) is 0 Å². The van der Waals surface area contributed by atoms with E-state index in [1.54, 1.807) is 0 Å². The zero-order valence-electron chi connectivity index (χ0n) is 6.80. The van der Waals surface area contributed by atoms with Gasteiger partial charge in [-0.2, -0.15) is 0 Å². The molecule has 1 aliphatic carbocycles. The number of hydrogen-bond acceptors (Lipinski definition) is 1. The average Bonchev–Trinajstić information content (AvgIpc) is 2.67. The summed E-state index contributed by atoms with van der Waals surface area (Å²) in [5, 5.41) is 0. The van der Waals surface area contributed by atoms with E-state index < -0.39 is 0 Å². The molecule has 0 heterocycles. The Kier molecular flexibility index (Phi) is 2.30. The smallest absolute Gasteiger partial charge is 0.0937 e. The van der Waals surface area contributed by atoms with Crippen LogP contribution in [0.15, 0.2) is 4.99 Å². The number of aliphatic imine (C=N–C) groups is 1. The van der Waals surface area contributed by atoms with E-state index in [-0.39, 0.29) is 0 Å². The van der Waals surface area contributed by atoms with Crippen molar-refractivity contribution in [3.63, 3.8) is 0 Å². The second kappa shape index (κ2) is 3.04. The molecule has 0 aromatic rings. The maximum absolute atomic E-state index is 5.58. The number of amidine groups is 1. The minimum Gasteiger partial charge on any atom is -0.387 e. The topological polar surface area (TPSA) is 38.4 Å². The second-order valence-electron chi connectivity index (χ2n) is 2.95. The highest BCUT2D eigenvalue weighted by Gasteiger charge is 2.34. The first kappa shape index (κ1) is 7.58. The fraction of sp³-hybridized carbons (Fsp3) is 0.875. The number of nitrogens with two attached hydrogens (primary N) is 1. The Morgan fingerprint density at radius 1 is 1.60 bits per heavy atom. The van der Waals surface area contributed by atoms with Gasteiger partial charge in [0, 0.05) is 6.42 Å². The van der Waals surface area contributed by atoms with E-state index in [0.29, 0.717) is 6.04 Å². The summed E-state index contributed by atoms with van der Waals surface area (Å²) in [6, 6.07) is 0.574. The van der Waals surface area contributed by atoms with E-state index >= 15 is 0 Å². The van der Waals surface area contributed by atoms with Crippen LogP contribution >= 0.6 is 0 Å². The molecular formula is C8H16N2. The molecule has 0 amide bonds. The van der Waals surface area contributed by atoms with Gasteiger partial charge in [-0.1, -0.05) is 20.3 Å². The Labute approximate surface area is 62.5 Å². The van der Waals surface area contributed by atoms with Gasteiger partial charge in [0.25, 0.3) is 0 Å². The molecule has 0 aliphatic heterocycles. The molecule has 1 aliphatic rings. The molecule has 2 atom stereocenters. The Bertz CT molecular complexity index is 140. The first-order valence-corrected chi connectivity index (χ1v) is 4.10. The molecule has 0 radical (unpaired) electrons. The fourth-order valence-electron chi connectivity index (χ4n) is 1.13. The van der Waals surface area contributed by atoms with Crippen molar-refractivity contribution in [1.82, 2.24) is 0 Å². The summed E-state index contributed by atoms with van der Waals surface area (Å²) in [6.45, 7) is 4.25. The lowest BCUT2D eigenvalue weighted by Crippen LogP contribution is -2.10. The molecule has 2 heteroatoms. The highest BCUT2D eigenvalue weighted by atomic mass is 14.9. The largest absolute Gasteiger partial charge is 0.387 e. The van der Waals surface area contributed by atoms with Gasteiger partial charge in [0.2, 0.25) is 0 Å². The molecule has 0 spiro atoms. The van der Waals surface area contributed by atoms with E-state index in [1.165, 1.54) is 12.8 Å². The molecule has 1 saturated carbocycles. The van der Waals surface area contributed by atoms with Crippen molar-refractivity contribution in [2.24, 2.45) is 16.6 Å².